The van der Waals surface area contributed by atoms with Crippen LogP contribution in [-0.4, -0.2) is 68.7 Å². The Bertz CT molecular complexity index is 1530. The number of amides is 4. The molecule has 0 N–H and O–H groups in total. The largest absolute Gasteiger partial charge is 0.443 e. The first-order chi connectivity index (χ1) is 23.8. The van der Waals surface area contributed by atoms with E-state index >= 15 is 0 Å². The summed E-state index contributed by atoms with van der Waals surface area (Å²) in [5.41, 5.74) is 5.20. The lowest BCUT2D eigenvalue weighted by Crippen LogP contribution is -2.48. The Hall–Kier alpha value is -4.08. The second-order valence-electron chi connectivity index (χ2n) is 18.1. The first kappa shape index (κ1) is 46.9. The Morgan fingerprint density at radius 3 is 1.09 bits per heavy atom. The highest BCUT2D eigenvalue weighted by Gasteiger charge is 2.36. The van der Waals surface area contributed by atoms with Crippen molar-refractivity contribution < 1.29 is 38.1 Å². The van der Waals surface area contributed by atoms with Gasteiger partial charge in [0, 0.05) is 12.1 Å². The van der Waals surface area contributed by atoms with E-state index < -0.39 is 58.9 Å². The van der Waals surface area contributed by atoms with Gasteiger partial charge in [-0.2, -0.15) is 0 Å². The SMILES string of the molecule is Cc1cc(C)c(C[C@@H](C)N(C(=O)OC(C)(C)C)C(=O)OC(C)(C)C)cc1C.Cc1ccc(C)c(C[C@@H](C)N(C(=O)OC(C)(C)C)C(=O)OC(C)(C)C)c1. The summed E-state index contributed by atoms with van der Waals surface area (Å²) in [6, 6.07) is 9.60. The van der Waals surface area contributed by atoms with Gasteiger partial charge in [0.1, 0.15) is 22.4 Å². The number of rotatable bonds is 6. The fourth-order valence-electron chi connectivity index (χ4n) is 5.19. The molecule has 0 aliphatic heterocycles. The molecule has 0 saturated heterocycles. The molecule has 0 radical (unpaired) electrons. The van der Waals surface area contributed by atoms with Crippen molar-refractivity contribution in [3.8, 4) is 0 Å². The molecule has 0 fully saturated rings. The van der Waals surface area contributed by atoms with Gasteiger partial charge in [0.05, 0.1) is 0 Å². The Labute approximate surface area is 319 Å². The fourth-order valence-corrected chi connectivity index (χ4v) is 5.19. The number of imide groups is 2. The Kier molecular flexibility index (Phi) is 16.2. The quantitative estimate of drug-likeness (QED) is 0.269. The molecule has 4 amide bonds. The lowest BCUT2D eigenvalue weighted by Gasteiger charge is -2.32. The van der Waals surface area contributed by atoms with Crippen LogP contribution in [0.3, 0.4) is 0 Å². The van der Waals surface area contributed by atoms with Crippen LogP contribution < -0.4 is 0 Å². The average molecular weight is 741 g/mol. The van der Waals surface area contributed by atoms with E-state index in [1.807, 2.05) is 46.8 Å². The molecule has 0 aliphatic rings. The van der Waals surface area contributed by atoms with Gasteiger partial charge in [0.2, 0.25) is 0 Å². The standard InChI is InChI=1S/C22H35NO4.C21H33NO4/c1-14-11-16(3)18(12-15(14)2)13-17(4)23(19(24)26-21(5,6)7)20(25)27-22(8,9)10;1-14-10-11-15(2)17(12-14)13-16(3)22(18(23)25-20(4,5)6)19(24)26-21(7,8)9/h11-12,17H,13H2,1-10H3;10-12,16H,13H2,1-9H3/t17-;16-/m11/s1. The van der Waals surface area contributed by atoms with Crippen molar-refractivity contribution in [1.29, 1.82) is 0 Å². The van der Waals surface area contributed by atoms with Gasteiger partial charge >= 0.3 is 24.4 Å². The molecule has 10 heteroatoms. The van der Waals surface area contributed by atoms with Gasteiger partial charge in [-0.15, -0.1) is 0 Å². The van der Waals surface area contributed by atoms with Gasteiger partial charge in [-0.05, 0) is 178 Å². The first-order valence-corrected chi connectivity index (χ1v) is 18.4. The smallest absolute Gasteiger partial charge is 0.420 e. The molecule has 2 aromatic rings. The van der Waals surface area contributed by atoms with E-state index in [2.05, 4.69) is 32.0 Å². The van der Waals surface area contributed by atoms with Crippen molar-refractivity contribution in [2.45, 2.75) is 179 Å². The lowest BCUT2D eigenvalue weighted by atomic mass is 9.96. The Morgan fingerprint density at radius 1 is 0.472 bits per heavy atom. The average Bonchev–Trinajstić information content (AvgIpc) is 2.90. The number of benzene rings is 2. The van der Waals surface area contributed by atoms with E-state index in [1.165, 1.54) is 11.1 Å². The van der Waals surface area contributed by atoms with Crippen LogP contribution >= 0.6 is 0 Å². The minimum absolute atomic E-state index is 0.403. The number of hydrogen-bond donors (Lipinski definition) is 0. The van der Waals surface area contributed by atoms with Crippen LogP contribution in [0.1, 0.15) is 136 Å². The molecule has 0 saturated carbocycles. The molecular weight excluding hydrogens is 672 g/mol. The monoisotopic (exact) mass is 740 g/mol. The first-order valence-electron chi connectivity index (χ1n) is 18.4. The maximum atomic E-state index is 12.7. The van der Waals surface area contributed by atoms with Crippen molar-refractivity contribution in [2.24, 2.45) is 0 Å². The number of hydrogen-bond acceptors (Lipinski definition) is 8. The van der Waals surface area contributed by atoms with Crippen LogP contribution in [0.2, 0.25) is 0 Å². The Morgan fingerprint density at radius 2 is 0.774 bits per heavy atom. The predicted octanol–water partition coefficient (Wildman–Crippen LogP) is 11.1. The van der Waals surface area contributed by atoms with E-state index in [0.717, 1.165) is 37.6 Å². The molecule has 0 heterocycles. The van der Waals surface area contributed by atoms with Crippen molar-refractivity contribution in [2.75, 3.05) is 0 Å². The summed E-state index contributed by atoms with van der Waals surface area (Å²) in [5.74, 6) is 0. The molecule has 298 valence electrons. The summed E-state index contributed by atoms with van der Waals surface area (Å²) in [7, 11) is 0. The highest BCUT2D eigenvalue weighted by atomic mass is 16.6. The molecular formula is C43H68N2O8. The van der Waals surface area contributed by atoms with Crippen molar-refractivity contribution >= 4 is 24.4 Å². The molecule has 0 bridgehead atoms. The molecule has 0 spiro atoms. The number of aryl methyl sites for hydroxylation is 5. The fraction of sp³-hybridized carbons (Fsp3) is 0.628. The van der Waals surface area contributed by atoms with Crippen molar-refractivity contribution in [1.82, 2.24) is 9.80 Å². The van der Waals surface area contributed by atoms with Gasteiger partial charge in [-0.3, -0.25) is 0 Å². The summed E-state index contributed by atoms with van der Waals surface area (Å²) in [6.45, 7) is 35.2. The van der Waals surface area contributed by atoms with E-state index in [4.69, 9.17) is 18.9 Å². The van der Waals surface area contributed by atoms with Gasteiger partial charge in [-0.1, -0.05) is 35.9 Å². The third-order valence-corrected chi connectivity index (χ3v) is 7.73. The second kappa shape index (κ2) is 18.3. The van der Waals surface area contributed by atoms with Gasteiger partial charge in [0.15, 0.2) is 0 Å². The summed E-state index contributed by atoms with van der Waals surface area (Å²) >= 11 is 0. The third-order valence-electron chi connectivity index (χ3n) is 7.73. The predicted molar refractivity (Wildman–Crippen MR) is 212 cm³/mol. The van der Waals surface area contributed by atoms with Crippen LogP contribution in [0.25, 0.3) is 0 Å². The molecule has 0 aliphatic carbocycles. The van der Waals surface area contributed by atoms with Crippen LogP contribution in [0, 0.1) is 34.6 Å². The topological polar surface area (TPSA) is 112 Å². The van der Waals surface area contributed by atoms with E-state index in [9.17, 15) is 19.2 Å². The van der Waals surface area contributed by atoms with Crippen LogP contribution in [-0.2, 0) is 31.8 Å². The third kappa shape index (κ3) is 17.1. The maximum absolute atomic E-state index is 12.7. The van der Waals surface area contributed by atoms with Crippen LogP contribution in [0.4, 0.5) is 19.2 Å². The van der Waals surface area contributed by atoms with Crippen molar-refractivity contribution in [3.05, 3.63) is 69.3 Å². The zero-order valence-corrected chi connectivity index (χ0v) is 36.1. The van der Waals surface area contributed by atoms with Gasteiger partial charge < -0.3 is 18.9 Å². The molecule has 0 unspecified atom stereocenters. The zero-order valence-electron chi connectivity index (χ0n) is 36.1. The summed E-state index contributed by atoms with van der Waals surface area (Å²) in [6.07, 6.45) is -1.69. The molecule has 2 rings (SSSR count). The molecule has 2 atom stereocenters. The highest BCUT2D eigenvalue weighted by Crippen LogP contribution is 2.23. The summed E-state index contributed by atoms with van der Waals surface area (Å²) in [4.78, 5) is 53.0. The van der Waals surface area contributed by atoms with Gasteiger partial charge in [-0.25, -0.2) is 29.0 Å². The lowest BCUT2D eigenvalue weighted by molar-refractivity contribution is -0.00798. The number of carbonyl (C=O) groups excluding carboxylic acids is 4. The van der Waals surface area contributed by atoms with Crippen LogP contribution in [0.15, 0.2) is 30.3 Å². The second-order valence-corrected chi connectivity index (χ2v) is 18.1. The van der Waals surface area contributed by atoms with E-state index in [0.29, 0.717) is 12.8 Å². The molecule has 0 aromatic heterocycles. The molecule has 2 aromatic carbocycles. The van der Waals surface area contributed by atoms with E-state index in [-0.39, 0.29) is 0 Å². The van der Waals surface area contributed by atoms with E-state index in [1.54, 1.807) is 83.1 Å². The van der Waals surface area contributed by atoms with Crippen molar-refractivity contribution in [3.63, 3.8) is 0 Å². The highest BCUT2D eigenvalue weighted by molar-refractivity contribution is 5.89. The Balaban J connectivity index is 0.000000530. The minimum atomic E-state index is -0.701. The normalized spacial score (nSPS) is 13.1. The number of ether oxygens (including phenoxy) is 4. The summed E-state index contributed by atoms with van der Waals surface area (Å²) in [5, 5.41) is 0. The maximum Gasteiger partial charge on any atom is 0.420 e. The van der Waals surface area contributed by atoms with Gasteiger partial charge in [0.25, 0.3) is 0 Å². The zero-order chi connectivity index (χ0) is 41.4. The number of carbonyl (C=O) groups is 4. The van der Waals surface area contributed by atoms with Crippen LogP contribution in [0.5, 0.6) is 0 Å². The molecule has 53 heavy (non-hydrogen) atoms. The molecule has 10 nitrogen and oxygen atoms in total. The minimum Gasteiger partial charge on any atom is -0.443 e. The summed E-state index contributed by atoms with van der Waals surface area (Å²) < 4.78 is 21.8. The number of nitrogens with zero attached hydrogens (tertiary/aromatic N) is 2.